The van der Waals surface area contributed by atoms with Gasteiger partial charge in [0.15, 0.2) is 11.4 Å². The average molecular weight is 937 g/mol. The lowest BCUT2D eigenvalue weighted by atomic mass is 9.42. The number of hydrogen-bond acceptors (Lipinski definition) is 15. The Kier molecular flexibility index (Phi) is 14.3. The Labute approximate surface area is 394 Å². The number of fused-ring (bicyclic) bond motifs is 5. The summed E-state index contributed by atoms with van der Waals surface area (Å²) in [4.78, 5) is 95.0. The number of ether oxygens (including phenoxy) is 5. The maximum Gasteiger partial charge on any atom is 0.350 e. The first-order valence-electron chi connectivity index (χ1n) is 22.9. The Hall–Kier alpha value is -6.07. The lowest BCUT2D eigenvalue weighted by Crippen LogP contribution is -2.78. The van der Waals surface area contributed by atoms with Gasteiger partial charge in [-0.05, 0) is 42.2 Å². The van der Waals surface area contributed by atoms with Gasteiger partial charge in [-0.1, -0.05) is 99.6 Å². The molecule has 3 aliphatic carbocycles. The molecule has 3 aromatic rings. The number of hydrogen-bond donors (Lipinski definition) is 4. The first-order valence-corrected chi connectivity index (χ1v) is 22.9. The highest BCUT2D eigenvalue weighted by atomic mass is 16.6. The van der Waals surface area contributed by atoms with Gasteiger partial charge in [0.2, 0.25) is 6.10 Å². The molecule has 0 aromatic heterocycles. The molecule has 3 aromatic carbocycles. The smallest absolute Gasteiger partial charge is 0.350 e. The van der Waals surface area contributed by atoms with Crippen molar-refractivity contribution in [3.8, 4) is 0 Å². The first kappa shape index (κ1) is 49.8. The van der Waals surface area contributed by atoms with E-state index in [9.17, 15) is 39.0 Å². The molecule has 16 heteroatoms. The number of aliphatic hydroxyl groups excluding tert-OH is 1. The summed E-state index contributed by atoms with van der Waals surface area (Å²) in [7, 11) is 0. The maximum atomic E-state index is 15.1. The predicted molar refractivity (Wildman–Crippen MR) is 243 cm³/mol. The number of rotatable bonds is 15. The third-order valence-corrected chi connectivity index (χ3v) is 14.9. The Morgan fingerprint density at radius 2 is 1.44 bits per heavy atom. The van der Waals surface area contributed by atoms with E-state index in [0.717, 1.165) is 0 Å². The van der Waals surface area contributed by atoms with Crippen LogP contribution in [0.1, 0.15) is 106 Å². The number of amides is 1. The standard InChI is InChI=1S/C52H60N2O14/c1-29-38(66-48(62)44(67-47(61)36(53)22-23-55)43(33-18-12-8-13-19-33)54-46(60)34-20-14-9-15-21-34)27-52(63)35(24-37(58)32-16-10-7-11-17-32)45-50(6,26-39(65-30(2)56)42(29)49(52,4)5)40(59)25-41-51(45,28-64-41)68-31(3)57/h7-21,23,35-36,38-41,43-45,59,63H,22,24-28,53H2,1-6H3,(H,54,60)/t35?,36?,38?,39?,40?,41?,43?,44?,45?,50-,51+,52?/m1/s1. The minimum atomic E-state index is -2.11. The minimum absolute atomic E-state index is 0.0342. The number of carbonyl (C=O) groups excluding carboxylic acids is 7. The number of aliphatic hydroxyl groups is 2. The Balaban J connectivity index is 1.41. The molecule has 3 fully saturated rings. The van der Waals surface area contributed by atoms with E-state index >= 15 is 4.79 Å². The molecular formula is C52H60N2O14. The van der Waals surface area contributed by atoms with Crippen LogP contribution in [0.15, 0.2) is 102 Å². The second kappa shape index (κ2) is 19.5. The van der Waals surface area contributed by atoms with Crippen LogP contribution in [0.3, 0.4) is 0 Å². The SMILES string of the molecule is CC(=O)OC1C[C@]2(C)C(O)CC3OC[C@@]3(OC(C)=O)C2C(CC(=O)c2ccccc2)C2(O)CC(OC(=O)C(OC(=O)C(N)CC=O)C(NC(=O)c3ccccc3)c3ccccc3)C(C)=C1C2(C)C. The van der Waals surface area contributed by atoms with Crippen molar-refractivity contribution in [3.05, 3.63) is 119 Å². The molecule has 16 nitrogen and oxygen atoms in total. The van der Waals surface area contributed by atoms with Gasteiger partial charge in [0, 0.05) is 73.3 Å². The summed E-state index contributed by atoms with van der Waals surface area (Å²) in [6, 6.07) is 21.9. The quantitative estimate of drug-likeness (QED) is 0.0531. The van der Waals surface area contributed by atoms with Crippen LogP contribution in [0.25, 0.3) is 0 Å². The van der Waals surface area contributed by atoms with Gasteiger partial charge in [-0.3, -0.25) is 24.0 Å². The molecule has 0 radical (unpaired) electrons. The van der Waals surface area contributed by atoms with Gasteiger partial charge in [0.25, 0.3) is 5.91 Å². The van der Waals surface area contributed by atoms with E-state index in [1.165, 1.54) is 13.8 Å². The number of carbonyl (C=O) groups is 7. The molecule has 0 spiro atoms. The summed E-state index contributed by atoms with van der Waals surface area (Å²) >= 11 is 0. The molecule has 5 N–H and O–H groups in total. The van der Waals surface area contributed by atoms with Crippen molar-refractivity contribution in [1.82, 2.24) is 5.32 Å². The van der Waals surface area contributed by atoms with Crippen molar-refractivity contribution in [2.45, 2.75) is 127 Å². The molecule has 2 bridgehead atoms. The van der Waals surface area contributed by atoms with Gasteiger partial charge in [0.05, 0.1) is 18.3 Å². The van der Waals surface area contributed by atoms with E-state index in [4.69, 9.17) is 29.4 Å². The van der Waals surface area contributed by atoms with Gasteiger partial charge in [-0.2, -0.15) is 0 Å². The van der Waals surface area contributed by atoms with E-state index in [2.05, 4.69) is 5.32 Å². The Morgan fingerprint density at radius 1 is 0.838 bits per heavy atom. The molecule has 362 valence electrons. The molecule has 4 aliphatic rings. The summed E-state index contributed by atoms with van der Waals surface area (Å²) < 4.78 is 30.7. The van der Waals surface area contributed by atoms with Crippen molar-refractivity contribution in [2.75, 3.05) is 6.61 Å². The average Bonchev–Trinajstić information content (AvgIpc) is 3.29. The van der Waals surface area contributed by atoms with Gasteiger partial charge < -0.3 is 49.7 Å². The highest BCUT2D eigenvalue weighted by Gasteiger charge is 2.75. The van der Waals surface area contributed by atoms with Crippen molar-refractivity contribution in [1.29, 1.82) is 0 Å². The number of ketones is 1. The van der Waals surface area contributed by atoms with Crippen LogP contribution in [-0.2, 0) is 47.7 Å². The topological polar surface area (TPSA) is 244 Å². The van der Waals surface area contributed by atoms with E-state index in [-0.39, 0.29) is 37.2 Å². The molecule has 1 heterocycles. The number of benzene rings is 3. The van der Waals surface area contributed by atoms with Gasteiger partial charge in [-0.15, -0.1) is 0 Å². The predicted octanol–water partition coefficient (Wildman–Crippen LogP) is 4.69. The van der Waals surface area contributed by atoms with Crippen LogP contribution in [0.4, 0.5) is 0 Å². The minimum Gasteiger partial charge on any atom is -0.458 e. The molecule has 12 atom stereocenters. The lowest BCUT2D eigenvalue weighted by molar-refractivity contribution is -0.347. The van der Waals surface area contributed by atoms with Crippen molar-refractivity contribution >= 4 is 41.9 Å². The van der Waals surface area contributed by atoms with Crippen LogP contribution in [0, 0.1) is 22.7 Å². The highest BCUT2D eigenvalue weighted by Crippen LogP contribution is 2.67. The van der Waals surface area contributed by atoms with Crippen molar-refractivity contribution in [3.63, 3.8) is 0 Å². The first-order chi connectivity index (χ1) is 32.2. The van der Waals surface area contributed by atoms with E-state index in [0.29, 0.717) is 28.6 Å². The molecule has 1 saturated heterocycles. The molecule has 1 aliphatic heterocycles. The zero-order chi connectivity index (χ0) is 49.3. The molecule has 68 heavy (non-hydrogen) atoms. The van der Waals surface area contributed by atoms with Crippen molar-refractivity contribution in [2.24, 2.45) is 28.4 Å². The molecule has 1 amide bonds. The summed E-state index contributed by atoms with van der Waals surface area (Å²) in [6.07, 6.45) is -7.31. The third kappa shape index (κ3) is 9.14. The normalized spacial score (nSPS) is 30.4. The van der Waals surface area contributed by atoms with Crippen LogP contribution in [0.5, 0.6) is 0 Å². The molecule has 10 unspecified atom stereocenters. The van der Waals surface area contributed by atoms with Crippen LogP contribution in [0.2, 0.25) is 0 Å². The van der Waals surface area contributed by atoms with Crippen molar-refractivity contribution < 1.29 is 67.5 Å². The largest absolute Gasteiger partial charge is 0.458 e. The summed E-state index contributed by atoms with van der Waals surface area (Å²) in [5, 5.41) is 29.1. The van der Waals surface area contributed by atoms with Gasteiger partial charge in [-0.25, -0.2) is 4.79 Å². The zero-order valence-electron chi connectivity index (χ0n) is 39.0. The number of nitrogens with two attached hydrogens (primary N) is 1. The van der Waals surface area contributed by atoms with Crippen LogP contribution < -0.4 is 11.1 Å². The second-order valence-electron chi connectivity index (χ2n) is 19.4. The zero-order valence-corrected chi connectivity index (χ0v) is 39.0. The summed E-state index contributed by atoms with van der Waals surface area (Å²) in [6.45, 7) is 9.30. The fraction of sp³-hybridized carbons (Fsp3) is 0.481. The number of aldehydes is 1. The summed E-state index contributed by atoms with van der Waals surface area (Å²) in [5.41, 5.74) is 1.37. The Bertz CT molecular complexity index is 2440. The highest BCUT2D eigenvalue weighted by molar-refractivity contribution is 5.96. The molecule has 7 rings (SSSR count). The fourth-order valence-corrected chi connectivity index (χ4v) is 11.6. The number of esters is 4. The van der Waals surface area contributed by atoms with Crippen LogP contribution >= 0.6 is 0 Å². The molecule has 2 saturated carbocycles. The third-order valence-electron chi connectivity index (χ3n) is 14.9. The van der Waals surface area contributed by atoms with E-state index < -0.39 is 119 Å². The monoisotopic (exact) mass is 936 g/mol. The second-order valence-corrected chi connectivity index (χ2v) is 19.4. The summed E-state index contributed by atoms with van der Waals surface area (Å²) in [5.74, 6) is -6.86. The number of Topliss-reactive ketones (excluding diaryl/α,β-unsaturated/α-hetero) is 1. The van der Waals surface area contributed by atoms with Crippen LogP contribution in [-0.4, -0.2) is 106 Å². The van der Waals surface area contributed by atoms with Gasteiger partial charge >= 0.3 is 23.9 Å². The fourth-order valence-electron chi connectivity index (χ4n) is 11.6. The van der Waals surface area contributed by atoms with E-state index in [1.54, 1.807) is 119 Å². The van der Waals surface area contributed by atoms with Gasteiger partial charge in [0.1, 0.15) is 36.7 Å². The molecular weight excluding hydrogens is 877 g/mol. The maximum absolute atomic E-state index is 15.1. The Morgan fingerprint density at radius 3 is 2.00 bits per heavy atom. The van der Waals surface area contributed by atoms with E-state index in [1.807, 2.05) is 0 Å². The lowest BCUT2D eigenvalue weighted by Gasteiger charge is -2.69. The number of nitrogens with one attached hydrogen (secondary N) is 1.